The summed E-state index contributed by atoms with van der Waals surface area (Å²) < 4.78 is 24.6. The largest absolute Gasteiger partial charge is 0.494 e. The van der Waals surface area contributed by atoms with Crippen LogP contribution in [0.15, 0.2) is 48.5 Å². The summed E-state index contributed by atoms with van der Waals surface area (Å²) in [7, 11) is 0. The molecule has 0 amide bonds. The second-order valence-corrected chi connectivity index (χ2v) is 6.67. The van der Waals surface area contributed by atoms with Gasteiger partial charge in [0.05, 0.1) is 18.0 Å². The number of nitrogens with zero attached hydrogens (tertiary/aromatic N) is 5. The van der Waals surface area contributed by atoms with Crippen LogP contribution in [0.1, 0.15) is 12.6 Å². The summed E-state index contributed by atoms with van der Waals surface area (Å²) in [5.74, 6) is 1.01. The summed E-state index contributed by atoms with van der Waals surface area (Å²) in [6, 6.07) is 13.7. The van der Waals surface area contributed by atoms with Crippen LogP contribution in [0.2, 0.25) is 0 Å². The lowest BCUT2D eigenvalue weighted by Crippen LogP contribution is -1.99. The number of hydrogen-bond donors (Lipinski definition) is 1. The molecule has 0 aliphatic rings. The van der Waals surface area contributed by atoms with Crippen molar-refractivity contribution in [3.63, 3.8) is 0 Å². The third kappa shape index (κ3) is 3.70. The van der Waals surface area contributed by atoms with Crippen LogP contribution in [0, 0.1) is 12.7 Å². The van der Waals surface area contributed by atoms with E-state index in [1.807, 2.05) is 38.1 Å². The molecule has 0 bridgehead atoms. The molecule has 0 atom stereocenters. The predicted molar refractivity (Wildman–Crippen MR) is 106 cm³/mol. The summed E-state index contributed by atoms with van der Waals surface area (Å²) in [6.07, 6.45) is 0. The molecule has 0 aliphatic heterocycles. The first-order chi connectivity index (χ1) is 13.6. The van der Waals surface area contributed by atoms with Crippen LogP contribution in [0.4, 0.5) is 15.2 Å². The van der Waals surface area contributed by atoms with Gasteiger partial charge in [0.25, 0.3) is 0 Å². The molecule has 4 aromatic rings. The zero-order valence-electron chi connectivity index (χ0n) is 15.3. The maximum absolute atomic E-state index is 13.1. The van der Waals surface area contributed by atoms with E-state index in [4.69, 9.17) is 4.74 Å². The van der Waals surface area contributed by atoms with Gasteiger partial charge in [-0.1, -0.05) is 5.21 Å². The molecule has 0 radical (unpaired) electrons. The molecule has 4 rings (SSSR count). The Bertz CT molecular complexity index is 1070. The van der Waals surface area contributed by atoms with Crippen LogP contribution in [-0.4, -0.2) is 31.0 Å². The lowest BCUT2D eigenvalue weighted by Gasteiger charge is -2.05. The number of hydrogen-bond acceptors (Lipinski definition) is 7. The molecule has 0 saturated heterocycles. The number of halogens is 1. The van der Waals surface area contributed by atoms with Gasteiger partial charge in [-0.3, -0.25) is 0 Å². The molecule has 2 aromatic carbocycles. The SMILES string of the molecule is CCOc1ccc(Nc2nc(-c3nnn(-c4ccc(F)cc4)c3C)ns2)cc1. The fourth-order valence-electron chi connectivity index (χ4n) is 2.66. The molecule has 2 heterocycles. The fourth-order valence-corrected chi connectivity index (χ4v) is 3.25. The van der Waals surface area contributed by atoms with E-state index in [2.05, 4.69) is 25.0 Å². The first kappa shape index (κ1) is 18.1. The van der Waals surface area contributed by atoms with Crippen LogP contribution >= 0.6 is 11.5 Å². The average molecular weight is 396 g/mol. The van der Waals surface area contributed by atoms with Gasteiger partial charge in [0.15, 0.2) is 11.5 Å². The Morgan fingerprint density at radius 2 is 1.86 bits per heavy atom. The number of benzene rings is 2. The zero-order chi connectivity index (χ0) is 19.5. The van der Waals surface area contributed by atoms with E-state index in [1.54, 1.807) is 16.8 Å². The van der Waals surface area contributed by atoms with Gasteiger partial charge in [-0.15, -0.1) is 5.10 Å². The van der Waals surface area contributed by atoms with Crippen molar-refractivity contribution in [3.8, 4) is 23.0 Å². The van der Waals surface area contributed by atoms with Gasteiger partial charge < -0.3 is 10.1 Å². The third-order valence-corrected chi connectivity index (χ3v) is 4.65. The van der Waals surface area contributed by atoms with Gasteiger partial charge in [-0.05, 0) is 62.4 Å². The Labute approximate surface area is 165 Å². The fraction of sp³-hybridized carbons (Fsp3) is 0.158. The monoisotopic (exact) mass is 396 g/mol. The van der Waals surface area contributed by atoms with E-state index < -0.39 is 0 Å². The smallest absolute Gasteiger partial charge is 0.207 e. The lowest BCUT2D eigenvalue weighted by atomic mass is 10.3. The molecule has 9 heteroatoms. The van der Waals surface area contributed by atoms with E-state index in [0.29, 0.717) is 23.3 Å². The number of ether oxygens (including phenoxy) is 1. The van der Waals surface area contributed by atoms with Crippen LogP contribution in [-0.2, 0) is 0 Å². The van der Waals surface area contributed by atoms with E-state index in [0.717, 1.165) is 22.8 Å². The van der Waals surface area contributed by atoms with E-state index in [1.165, 1.54) is 23.7 Å². The first-order valence-corrected chi connectivity index (χ1v) is 9.43. The average Bonchev–Trinajstić information content (AvgIpc) is 3.31. The Kier molecular flexibility index (Phi) is 4.98. The Morgan fingerprint density at radius 1 is 1.11 bits per heavy atom. The summed E-state index contributed by atoms with van der Waals surface area (Å²) in [5, 5.41) is 12.2. The minimum Gasteiger partial charge on any atom is -0.494 e. The number of rotatable bonds is 6. The summed E-state index contributed by atoms with van der Waals surface area (Å²) >= 11 is 1.24. The van der Waals surface area contributed by atoms with Gasteiger partial charge in [0.1, 0.15) is 11.6 Å². The number of anilines is 2. The second-order valence-electron chi connectivity index (χ2n) is 5.92. The highest BCUT2D eigenvalue weighted by Crippen LogP contribution is 2.26. The van der Waals surface area contributed by atoms with Crippen LogP contribution in [0.25, 0.3) is 17.2 Å². The molecular formula is C19H17FN6OS. The molecule has 1 N–H and O–H groups in total. The van der Waals surface area contributed by atoms with E-state index >= 15 is 0 Å². The van der Waals surface area contributed by atoms with Crippen molar-refractivity contribution in [2.24, 2.45) is 0 Å². The third-order valence-electron chi connectivity index (χ3n) is 4.02. The quantitative estimate of drug-likeness (QED) is 0.521. The maximum Gasteiger partial charge on any atom is 0.207 e. The highest BCUT2D eigenvalue weighted by atomic mass is 32.1. The molecule has 0 spiro atoms. The number of nitrogens with one attached hydrogen (secondary N) is 1. The van der Waals surface area contributed by atoms with Crippen molar-refractivity contribution in [2.45, 2.75) is 13.8 Å². The van der Waals surface area contributed by atoms with E-state index in [-0.39, 0.29) is 5.82 Å². The van der Waals surface area contributed by atoms with Crippen molar-refractivity contribution >= 4 is 22.4 Å². The molecule has 0 fully saturated rings. The predicted octanol–water partition coefficient (Wildman–Crippen LogP) is 4.38. The van der Waals surface area contributed by atoms with Crippen LogP contribution in [0.3, 0.4) is 0 Å². The minimum absolute atomic E-state index is 0.298. The zero-order valence-corrected chi connectivity index (χ0v) is 16.1. The highest BCUT2D eigenvalue weighted by molar-refractivity contribution is 7.09. The van der Waals surface area contributed by atoms with Crippen molar-refractivity contribution in [2.75, 3.05) is 11.9 Å². The minimum atomic E-state index is -0.298. The van der Waals surface area contributed by atoms with Crippen LogP contribution < -0.4 is 10.1 Å². The molecule has 0 unspecified atom stereocenters. The van der Waals surface area contributed by atoms with Gasteiger partial charge in [-0.2, -0.15) is 9.36 Å². The molecule has 7 nitrogen and oxygen atoms in total. The van der Waals surface area contributed by atoms with Crippen molar-refractivity contribution in [1.82, 2.24) is 24.4 Å². The summed E-state index contributed by atoms with van der Waals surface area (Å²) in [5.41, 5.74) is 2.97. The maximum atomic E-state index is 13.1. The second kappa shape index (κ2) is 7.73. The van der Waals surface area contributed by atoms with Crippen LogP contribution in [0.5, 0.6) is 5.75 Å². The lowest BCUT2D eigenvalue weighted by molar-refractivity contribution is 0.340. The molecule has 0 aliphatic carbocycles. The highest BCUT2D eigenvalue weighted by Gasteiger charge is 2.17. The number of aromatic nitrogens is 5. The molecule has 142 valence electrons. The molecule has 2 aromatic heterocycles. The normalized spacial score (nSPS) is 10.8. The Hall–Kier alpha value is -3.33. The standard InChI is InChI=1S/C19H17FN6OS/c1-3-27-16-10-6-14(7-11-16)21-19-22-18(24-28-19)17-12(2)26(25-23-17)15-8-4-13(20)5-9-15/h4-11H,3H2,1-2H3,(H,21,22,24). The topological polar surface area (TPSA) is 77.8 Å². The molecule has 0 saturated carbocycles. The van der Waals surface area contributed by atoms with Crippen molar-refractivity contribution < 1.29 is 9.13 Å². The Morgan fingerprint density at radius 3 is 2.57 bits per heavy atom. The first-order valence-electron chi connectivity index (χ1n) is 8.66. The van der Waals surface area contributed by atoms with Crippen molar-refractivity contribution in [3.05, 3.63) is 60.0 Å². The molecular weight excluding hydrogens is 379 g/mol. The van der Waals surface area contributed by atoms with Gasteiger partial charge in [-0.25, -0.2) is 9.07 Å². The molecule has 28 heavy (non-hydrogen) atoms. The Balaban J connectivity index is 1.53. The summed E-state index contributed by atoms with van der Waals surface area (Å²) in [4.78, 5) is 4.51. The van der Waals surface area contributed by atoms with E-state index in [9.17, 15) is 4.39 Å². The van der Waals surface area contributed by atoms with Gasteiger partial charge in [0.2, 0.25) is 5.13 Å². The van der Waals surface area contributed by atoms with Gasteiger partial charge >= 0.3 is 0 Å². The van der Waals surface area contributed by atoms with Gasteiger partial charge in [0, 0.05) is 17.2 Å². The summed E-state index contributed by atoms with van der Waals surface area (Å²) in [6.45, 7) is 4.45. The van der Waals surface area contributed by atoms with Crippen molar-refractivity contribution in [1.29, 1.82) is 0 Å².